The normalized spacial score (nSPS) is 25.6. The molecule has 2 atom stereocenters. The molecule has 1 aliphatic heterocycles. The van der Waals surface area contributed by atoms with Gasteiger partial charge in [-0.3, -0.25) is 11.3 Å². The second-order valence-electron chi connectivity index (χ2n) is 6.93. The fourth-order valence-electron chi connectivity index (χ4n) is 3.43. The molecule has 2 unspecified atom stereocenters. The van der Waals surface area contributed by atoms with E-state index in [9.17, 15) is 0 Å². The molecule has 1 fully saturated rings. The first-order valence-corrected chi connectivity index (χ1v) is 7.88. The summed E-state index contributed by atoms with van der Waals surface area (Å²) in [5.41, 5.74) is 5.15. The molecule has 0 bridgehead atoms. The second kappa shape index (κ2) is 5.41. The highest BCUT2D eigenvalue weighted by Crippen LogP contribution is 2.47. The average molecular weight is 341 g/mol. The molecule has 0 amide bonds. The fourth-order valence-corrected chi connectivity index (χ4v) is 3.68. The lowest BCUT2D eigenvalue weighted by molar-refractivity contribution is -0.0779. The predicted octanol–water partition coefficient (Wildman–Crippen LogP) is 3.86. The van der Waals surface area contributed by atoms with Crippen LogP contribution in [0, 0.1) is 12.8 Å². The highest BCUT2D eigenvalue weighted by molar-refractivity contribution is 9.10. The van der Waals surface area contributed by atoms with E-state index in [-0.39, 0.29) is 17.2 Å². The molecule has 1 aliphatic rings. The van der Waals surface area contributed by atoms with E-state index in [4.69, 9.17) is 10.6 Å². The molecule has 112 valence electrons. The second-order valence-corrected chi connectivity index (χ2v) is 7.78. The zero-order valence-corrected chi connectivity index (χ0v) is 14.5. The van der Waals surface area contributed by atoms with Crippen LogP contribution in [-0.4, -0.2) is 11.2 Å². The third kappa shape index (κ3) is 3.08. The summed E-state index contributed by atoms with van der Waals surface area (Å²) in [5.74, 6) is 6.20. The maximum absolute atomic E-state index is 6.20. The predicted molar refractivity (Wildman–Crippen MR) is 86.3 cm³/mol. The largest absolute Gasteiger partial charge is 0.369 e. The number of hydrogen-bond donors (Lipinski definition) is 2. The van der Waals surface area contributed by atoms with Crippen molar-refractivity contribution in [2.45, 2.75) is 58.3 Å². The number of halogens is 1. The Kier molecular flexibility index (Phi) is 4.32. The number of rotatable bonds is 3. The van der Waals surface area contributed by atoms with Crippen LogP contribution in [-0.2, 0) is 4.74 Å². The monoisotopic (exact) mass is 340 g/mol. The molecule has 1 heterocycles. The number of ether oxygens (including phenoxy) is 1. The topological polar surface area (TPSA) is 47.3 Å². The van der Waals surface area contributed by atoms with Crippen LogP contribution in [0.5, 0.6) is 0 Å². The van der Waals surface area contributed by atoms with Gasteiger partial charge in [0.2, 0.25) is 0 Å². The van der Waals surface area contributed by atoms with Gasteiger partial charge in [0.1, 0.15) is 0 Å². The van der Waals surface area contributed by atoms with E-state index < -0.39 is 0 Å². The summed E-state index contributed by atoms with van der Waals surface area (Å²) in [4.78, 5) is 0. The van der Waals surface area contributed by atoms with Gasteiger partial charge in [-0.15, -0.1) is 0 Å². The summed E-state index contributed by atoms with van der Waals surface area (Å²) in [6.45, 7) is 10.7. The highest BCUT2D eigenvalue weighted by Gasteiger charge is 2.49. The lowest BCUT2D eigenvalue weighted by Gasteiger charge is -2.33. The molecule has 3 nitrogen and oxygen atoms in total. The third-order valence-corrected chi connectivity index (χ3v) is 5.16. The maximum Gasteiger partial charge on any atom is 0.0681 e. The summed E-state index contributed by atoms with van der Waals surface area (Å²) >= 11 is 3.55. The van der Waals surface area contributed by atoms with Gasteiger partial charge in [0.25, 0.3) is 0 Å². The van der Waals surface area contributed by atoms with Crippen molar-refractivity contribution in [1.29, 1.82) is 0 Å². The summed E-state index contributed by atoms with van der Waals surface area (Å²) in [7, 11) is 0. The fraction of sp³-hybridized carbons (Fsp3) is 0.625. The maximum atomic E-state index is 6.20. The average Bonchev–Trinajstić information content (AvgIpc) is 2.53. The van der Waals surface area contributed by atoms with Crippen molar-refractivity contribution in [1.82, 2.24) is 5.43 Å². The zero-order chi connectivity index (χ0) is 15.1. The molecule has 1 saturated heterocycles. The number of aryl methyl sites for hydroxylation is 1. The van der Waals surface area contributed by atoms with Crippen molar-refractivity contribution in [2.75, 3.05) is 0 Å². The van der Waals surface area contributed by atoms with Crippen LogP contribution in [0.4, 0.5) is 0 Å². The van der Waals surface area contributed by atoms with Gasteiger partial charge < -0.3 is 4.74 Å². The van der Waals surface area contributed by atoms with Crippen molar-refractivity contribution in [3.05, 3.63) is 33.8 Å². The molecule has 0 radical (unpaired) electrons. The van der Waals surface area contributed by atoms with Gasteiger partial charge in [-0.05, 0) is 58.2 Å². The SMILES string of the molecule is Cc1cc(C(NN)C2CC(C)(C)OC2(C)C)ccc1Br. The summed E-state index contributed by atoms with van der Waals surface area (Å²) in [5, 5.41) is 0. The molecular weight excluding hydrogens is 316 g/mol. The Balaban J connectivity index is 2.35. The lowest BCUT2D eigenvalue weighted by Crippen LogP contribution is -2.41. The minimum atomic E-state index is -0.193. The van der Waals surface area contributed by atoms with Crippen molar-refractivity contribution < 1.29 is 4.74 Å². The van der Waals surface area contributed by atoms with Gasteiger partial charge in [-0.1, -0.05) is 28.1 Å². The van der Waals surface area contributed by atoms with Crippen molar-refractivity contribution in [3.8, 4) is 0 Å². The molecule has 1 aromatic rings. The molecule has 4 heteroatoms. The Labute approximate surface area is 130 Å². The van der Waals surface area contributed by atoms with Gasteiger partial charge in [-0.2, -0.15) is 0 Å². The summed E-state index contributed by atoms with van der Waals surface area (Å²) in [6.07, 6.45) is 0.990. The molecular formula is C16H25BrN2O. The smallest absolute Gasteiger partial charge is 0.0681 e. The van der Waals surface area contributed by atoms with Gasteiger partial charge in [-0.25, -0.2) is 0 Å². The molecule has 2 rings (SSSR count). The Morgan fingerprint density at radius 3 is 2.45 bits per heavy atom. The Bertz CT molecular complexity index is 499. The first kappa shape index (κ1) is 16.0. The number of nitrogens with two attached hydrogens (primary N) is 1. The molecule has 0 saturated carbocycles. The Morgan fingerprint density at radius 1 is 1.35 bits per heavy atom. The highest BCUT2D eigenvalue weighted by atomic mass is 79.9. The number of hydrogen-bond acceptors (Lipinski definition) is 3. The van der Waals surface area contributed by atoms with Crippen LogP contribution in [0.15, 0.2) is 22.7 Å². The third-order valence-electron chi connectivity index (χ3n) is 4.27. The lowest BCUT2D eigenvalue weighted by atomic mass is 9.79. The summed E-state index contributed by atoms with van der Waals surface area (Å²) < 4.78 is 7.33. The number of hydrazine groups is 1. The van der Waals surface area contributed by atoms with Gasteiger partial charge >= 0.3 is 0 Å². The van der Waals surface area contributed by atoms with Crippen LogP contribution in [0.1, 0.15) is 51.3 Å². The molecule has 0 spiro atoms. The first-order chi connectivity index (χ1) is 9.16. The van der Waals surface area contributed by atoms with Crippen molar-refractivity contribution in [2.24, 2.45) is 11.8 Å². The molecule has 0 aliphatic carbocycles. The van der Waals surface area contributed by atoms with E-state index >= 15 is 0 Å². The van der Waals surface area contributed by atoms with Crippen LogP contribution in [0.25, 0.3) is 0 Å². The zero-order valence-electron chi connectivity index (χ0n) is 13.0. The molecule has 1 aromatic carbocycles. The minimum Gasteiger partial charge on any atom is -0.369 e. The number of nitrogens with one attached hydrogen (secondary N) is 1. The molecule has 3 N–H and O–H groups in total. The van der Waals surface area contributed by atoms with Crippen LogP contribution < -0.4 is 11.3 Å². The van der Waals surface area contributed by atoms with E-state index in [2.05, 4.69) is 74.2 Å². The van der Waals surface area contributed by atoms with Crippen LogP contribution in [0.2, 0.25) is 0 Å². The van der Waals surface area contributed by atoms with Crippen LogP contribution in [0.3, 0.4) is 0 Å². The van der Waals surface area contributed by atoms with E-state index in [1.165, 1.54) is 11.1 Å². The van der Waals surface area contributed by atoms with E-state index in [0.717, 1.165) is 10.9 Å². The number of benzene rings is 1. The molecule has 20 heavy (non-hydrogen) atoms. The van der Waals surface area contributed by atoms with Crippen molar-refractivity contribution in [3.63, 3.8) is 0 Å². The van der Waals surface area contributed by atoms with Gasteiger partial charge in [0, 0.05) is 10.4 Å². The standard InChI is InChI=1S/C16H25BrN2O/c1-10-8-11(6-7-13(10)17)14(19-18)12-9-15(2,3)20-16(12,4)5/h6-8,12,14,19H,9,18H2,1-5H3. The van der Waals surface area contributed by atoms with Crippen molar-refractivity contribution >= 4 is 15.9 Å². The van der Waals surface area contributed by atoms with Crippen LogP contribution >= 0.6 is 15.9 Å². The van der Waals surface area contributed by atoms with E-state index in [1.807, 2.05) is 0 Å². The Morgan fingerprint density at radius 2 is 2.00 bits per heavy atom. The van der Waals surface area contributed by atoms with Gasteiger partial charge in [0.15, 0.2) is 0 Å². The van der Waals surface area contributed by atoms with Gasteiger partial charge in [0.05, 0.1) is 17.2 Å². The molecule has 0 aromatic heterocycles. The first-order valence-electron chi connectivity index (χ1n) is 7.09. The van der Waals surface area contributed by atoms with E-state index in [0.29, 0.717) is 5.92 Å². The quantitative estimate of drug-likeness (QED) is 0.648. The minimum absolute atomic E-state index is 0.0959. The summed E-state index contributed by atoms with van der Waals surface area (Å²) in [6, 6.07) is 6.50. The Hall–Kier alpha value is -0.420. The van der Waals surface area contributed by atoms with E-state index in [1.54, 1.807) is 0 Å².